The molecule has 1 amide bonds. The van der Waals surface area contributed by atoms with E-state index in [0.717, 1.165) is 4.31 Å². The zero-order valence-corrected chi connectivity index (χ0v) is 16.3. The Morgan fingerprint density at radius 2 is 1.89 bits per heavy atom. The molecule has 0 saturated heterocycles. The van der Waals surface area contributed by atoms with E-state index >= 15 is 0 Å². The zero-order valence-electron chi connectivity index (χ0n) is 15.5. The van der Waals surface area contributed by atoms with E-state index in [0.29, 0.717) is 5.69 Å². The molecule has 0 aliphatic heterocycles. The maximum atomic E-state index is 12.4. The van der Waals surface area contributed by atoms with Crippen LogP contribution in [0.15, 0.2) is 47.4 Å². The van der Waals surface area contributed by atoms with Crippen molar-refractivity contribution in [2.45, 2.75) is 4.90 Å². The number of non-ortho nitro benzene ring substituents is 1. The van der Waals surface area contributed by atoms with Crippen LogP contribution < -0.4 is 15.4 Å². The number of nitrogens with zero attached hydrogens (tertiary/aromatic N) is 2. The van der Waals surface area contributed by atoms with E-state index in [1.54, 1.807) is 6.07 Å². The van der Waals surface area contributed by atoms with Gasteiger partial charge in [-0.2, -0.15) is 0 Å². The van der Waals surface area contributed by atoms with E-state index in [4.69, 9.17) is 4.74 Å². The Kier molecular flexibility index (Phi) is 6.54. The van der Waals surface area contributed by atoms with Crippen molar-refractivity contribution in [3.8, 4) is 5.75 Å². The molecule has 0 aromatic heterocycles. The highest BCUT2D eigenvalue weighted by atomic mass is 32.2. The number of ether oxygens (including phenoxy) is 1. The second-order valence-electron chi connectivity index (χ2n) is 5.86. The number of methoxy groups -OCH3 is 1. The van der Waals surface area contributed by atoms with Gasteiger partial charge in [0.15, 0.2) is 0 Å². The first kappa shape index (κ1) is 21.1. The van der Waals surface area contributed by atoms with E-state index in [1.165, 1.54) is 57.6 Å². The number of nitro groups is 1. The van der Waals surface area contributed by atoms with Gasteiger partial charge in [0.2, 0.25) is 15.9 Å². The molecular formula is C17H20N4O6S. The zero-order chi connectivity index (χ0) is 20.9. The molecule has 2 N–H and O–H groups in total. The number of anilines is 2. The van der Waals surface area contributed by atoms with E-state index in [9.17, 15) is 23.3 Å². The number of carbonyl (C=O) groups excluding carboxylic acids is 1. The summed E-state index contributed by atoms with van der Waals surface area (Å²) in [4.78, 5) is 22.3. The van der Waals surface area contributed by atoms with Crippen LogP contribution in [-0.2, 0) is 14.8 Å². The standard InChI is InChI=1S/C17H20N4O6S/c1-20(2)28(25,26)16-10-13(7-8-15(16)27-3)19-17(22)11-18-12-5-4-6-14(9-12)21(23)24/h4-10,18H,11H2,1-3H3,(H,19,22). The van der Waals surface area contributed by atoms with E-state index in [2.05, 4.69) is 10.6 Å². The van der Waals surface area contributed by atoms with Crippen molar-refractivity contribution < 1.29 is 22.9 Å². The smallest absolute Gasteiger partial charge is 0.271 e. The molecule has 0 unspecified atom stereocenters. The molecule has 0 spiro atoms. The number of nitrogens with one attached hydrogen (secondary N) is 2. The van der Waals surface area contributed by atoms with Gasteiger partial charge in [0.1, 0.15) is 10.6 Å². The first-order chi connectivity index (χ1) is 13.1. The van der Waals surface area contributed by atoms with Crippen LogP contribution in [0.4, 0.5) is 17.1 Å². The maximum Gasteiger partial charge on any atom is 0.271 e. The summed E-state index contributed by atoms with van der Waals surface area (Å²) in [5.41, 5.74) is 0.584. The van der Waals surface area contributed by atoms with Gasteiger partial charge in [-0.1, -0.05) is 6.07 Å². The largest absolute Gasteiger partial charge is 0.495 e. The van der Waals surface area contributed by atoms with Gasteiger partial charge in [-0.15, -0.1) is 0 Å². The summed E-state index contributed by atoms with van der Waals surface area (Å²) in [6, 6.07) is 10.0. The number of hydrogen-bond donors (Lipinski definition) is 2. The highest BCUT2D eigenvalue weighted by molar-refractivity contribution is 7.89. The lowest BCUT2D eigenvalue weighted by Gasteiger charge is -2.16. The molecule has 0 heterocycles. The lowest BCUT2D eigenvalue weighted by molar-refractivity contribution is -0.384. The molecule has 11 heteroatoms. The predicted molar refractivity (Wildman–Crippen MR) is 104 cm³/mol. The van der Waals surface area contributed by atoms with Crippen LogP contribution in [0.5, 0.6) is 5.75 Å². The fourth-order valence-corrected chi connectivity index (χ4v) is 3.34. The van der Waals surface area contributed by atoms with Crippen molar-refractivity contribution in [2.75, 3.05) is 38.4 Å². The summed E-state index contributed by atoms with van der Waals surface area (Å²) in [5.74, 6) is -0.300. The molecule has 150 valence electrons. The van der Waals surface area contributed by atoms with Crippen molar-refractivity contribution >= 4 is 33.0 Å². The lowest BCUT2D eigenvalue weighted by atomic mass is 10.2. The number of hydrogen-bond acceptors (Lipinski definition) is 7. The van der Waals surface area contributed by atoms with Gasteiger partial charge in [-0.3, -0.25) is 14.9 Å². The minimum atomic E-state index is -3.77. The molecule has 0 atom stereocenters. The van der Waals surface area contributed by atoms with Crippen LogP contribution in [0.25, 0.3) is 0 Å². The third-order valence-corrected chi connectivity index (χ3v) is 5.55. The van der Waals surface area contributed by atoms with Crippen LogP contribution in [0.3, 0.4) is 0 Å². The number of carbonyl (C=O) groups is 1. The summed E-state index contributed by atoms with van der Waals surface area (Å²) in [5, 5.41) is 16.1. The Morgan fingerprint density at radius 1 is 1.18 bits per heavy atom. The average molecular weight is 408 g/mol. The van der Waals surface area contributed by atoms with Crippen LogP contribution in [0.2, 0.25) is 0 Å². The van der Waals surface area contributed by atoms with Crippen molar-refractivity contribution in [3.05, 3.63) is 52.6 Å². The summed E-state index contributed by atoms with van der Waals surface area (Å²) in [7, 11) is 0.368. The SMILES string of the molecule is COc1ccc(NC(=O)CNc2cccc([N+](=O)[O-])c2)cc1S(=O)(=O)N(C)C. The minimum Gasteiger partial charge on any atom is -0.495 e. The summed E-state index contributed by atoms with van der Waals surface area (Å²) < 4.78 is 31.0. The van der Waals surface area contributed by atoms with Gasteiger partial charge in [0, 0.05) is 37.6 Å². The summed E-state index contributed by atoms with van der Waals surface area (Å²) >= 11 is 0. The van der Waals surface area contributed by atoms with E-state index in [-0.39, 0.29) is 28.6 Å². The van der Waals surface area contributed by atoms with Crippen molar-refractivity contribution in [2.24, 2.45) is 0 Å². The fourth-order valence-electron chi connectivity index (χ4n) is 2.27. The van der Waals surface area contributed by atoms with Crippen LogP contribution >= 0.6 is 0 Å². The Morgan fingerprint density at radius 3 is 2.50 bits per heavy atom. The third-order valence-electron chi connectivity index (χ3n) is 3.72. The van der Waals surface area contributed by atoms with Gasteiger partial charge >= 0.3 is 0 Å². The molecule has 0 aliphatic rings. The summed E-state index contributed by atoms with van der Waals surface area (Å²) in [6.07, 6.45) is 0. The van der Waals surface area contributed by atoms with Gasteiger partial charge < -0.3 is 15.4 Å². The molecule has 0 aliphatic carbocycles. The van der Waals surface area contributed by atoms with Gasteiger partial charge in [0.25, 0.3) is 5.69 Å². The van der Waals surface area contributed by atoms with E-state index in [1.807, 2.05) is 0 Å². The van der Waals surface area contributed by atoms with Gasteiger partial charge in [-0.05, 0) is 24.3 Å². The third kappa shape index (κ3) is 4.96. The quantitative estimate of drug-likeness (QED) is 0.504. The number of sulfonamides is 1. The Bertz CT molecular complexity index is 991. The number of rotatable bonds is 8. The summed E-state index contributed by atoms with van der Waals surface area (Å²) in [6.45, 7) is -0.164. The molecule has 0 bridgehead atoms. The molecule has 28 heavy (non-hydrogen) atoms. The second-order valence-corrected chi connectivity index (χ2v) is 7.98. The van der Waals surface area contributed by atoms with Crippen molar-refractivity contribution in [1.82, 2.24) is 4.31 Å². The molecule has 10 nitrogen and oxygen atoms in total. The highest BCUT2D eigenvalue weighted by Crippen LogP contribution is 2.28. The van der Waals surface area contributed by atoms with Crippen LogP contribution in [0.1, 0.15) is 0 Å². The molecule has 2 rings (SSSR count). The number of benzene rings is 2. The normalized spacial score (nSPS) is 11.1. The Balaban J connectivity index is 2.12. The van der Waals surface area contributed by atoms with Crippen molar-refractivity contribution in [3.63, 3.8) is 0 Å². The molecule has 2 aromatic carbocycles. The van der Waals surface area contributed by atoms with Gasteiger partial charge in [-0.25, -0.2) is 12.7 Å². The van der Waals surface area contributed by atoms with Crippen LogP contribution in [0, 0.1) is 10.1 Å². The molecule has 0 saturated carbocycles. The lowest BCUT2D eigenvalue weighted by Crippen LogP contribution is -2.24. The monoisotopic (exact) mass is 408 g/mol. The fraction of sp³-hybridized carbons (Fsp3) is 0.235. The molecule has 0 radical (unpaired) electrons. The predicted octanol–water partition coefficient (Wildman–Crippen LogP) is 1.90. The molecule has 2 aromatic rings. The van der Waals surface area contributed by atoms with Crippen LogP contribution in [-0.4, -0.2) is 51.3 Å². The Labute approximate surface area is 162 Å². The minimum absolute atomic E-state index is 0.0792. The average Bonchev–Trinajstić information content (AvgIpc) is 2.66. The number of amides is 1. The topological polar surface area (TPSA) is 131 Å². The first-order valence-corrected chi connectivity index (χ1v) is 9.48. The second kappa shape index (κ2) is 8.67. The van der Waals surface area contributed by atoms with Crippen molar-refractivity contribution in [1.29, 1.82) is 0 Å². The highest BCUT2D eigenvalue weighted by Gasteiger charge is 2.23. The molecule has 0 fully saturated rings. The van der Waals surface area contributed by atoms with Gasteiger partial charge in [0.05, 0.1) is 18.6 Å². The van der Waals surface area contributed by atoms with E-state index < -0.39 is 20.9 Å². The first-order valence-electron chi connectivity index (χ1n) is 8.04. The molecular weight excluding hydrogens is 388 g/mol. The Hall–Kier alpha value is -3.18. The number of nitro benzene ring substituents is 1. The maximum absolute atomic E-state index is 12.4.